The molecule has 64 valence electrons. The Morgan fingerprint density at radius 2 is 2.00 bits per heavy atom. The van der Waals surface area contributed by atoms with E-state index in [0.717, 1.165) is 30.2 Å². The fourth-order valence-electron chi connectivity index (χ4n) is 3.39. The van der Waals surface area contributed by atoms with E-state index in [-0.39, 0.29) is 0 Å². The van der Waals surface area contributed by atoms with Crippen molar-refractivity contribution < 1.29 is 0 Å². The van der Waals surface area contributed by atoms with Crippen LogP contribution < -0.4 is 5.73 Å². The van der Waals surface area contributed by atoms with Crippen molar-refractivity contribution in [2.45, 2.75) is 32.6 Å². The highest BCUT2D eigenvalue weighted by Crippen LogP contribution is 2.52. The van der Waals surface area contributed by atoms with Crippen molar-refractivity contribution in [3.63, 3.8) is 0 Å². The van der Waals surface area contributed by atoms with Gasteiger partial charge in [0.25, 0.3) is 0 Å². The molecule has 2 aliphatic rings. The average molecular weight is 153 g/mol. The van der Waals surface area contributed by atoms with Crippen molar-refractivity contribution in [3.8, 4) is 0 Å². The van der Waals surface area contributed by atoms with Crippen molar-refractivity contribution in [2.24, 2.45) is 29.4 Å². The number of rotatable bonds is 2. The van der Waals surface area contributed by atoms with Crippen LogP contribution in [0.1, 0.15) is 32.6 Å². The van der Waals surface area contributed by atoms with Crippen molar-refractivity contribution >= 4 is 0 Å². The van der Waals surface area contributed by atoms with Crippen molar-refractivity contribution in [2.75, 3.05) is 6.54 Å². The second-order valence-corrected chi connectivity index (χ2v) is 4.43. The summed E-state index contributed by atoms with van der Waals surface area (Å²) in [5.41, 5.74) is 5.60. The molecule has 4 atom stereocenters. The lowest BCUT2D eigenvalue weighted by Gasteiger charge is -2.27. The van der Waals surface area contributed by atoms with Gasteiger partial charge in [-0.25, -0.2) is 0 Å². The Kier molecular flexibility index (Phi) is 1.92. The minimum Gasteiger partial charge on any atom is -0.330 e. The molecule has 0 saturated heterocycles. The van der Waals surface area contributed by atoms with E-state index in [1.165, 1.54) is 25.7 Å². The monoisotopic (exact) mass is 153 g/mol. The Labute approximate surface area is 69.4 Å². The van der Waals surface area contributed by atoms with Gasteiger partial charge in [0.15, 0.2) is 0 Å². The van der Waals surface area contributed by atoms with Gasteiger partial charge in [0.1, 0.15) is 0 Å². The maximum absolute atomic E-state index is 5.60. The molecule has 2 rings (SSSR count). The molecule has 4 unspecified atom stereocenters. The Balaban J connectivity index is 2.00. The van der Waals surface area contributed by atoms with Gasteiger partial charge >= 0.3 is 0 Å². The number of fused-ring (bicyclic) bond motifs is 2. The smallest absolute Gasteiger partial charge is 0.00744 e. The zero-order valence-corrected chi connectivity index (χ0v) is 7.42. The highest BCUT2D eigenvalue weighted by Gasteiger charge is 2.44. The van der Waals surface area contributed by atoms with Crippen LogP contribution in [0.15, 0.2) is 0 Å². The lowest BCUT2D eigenvalue weighted by molar-refractivity contribution is 0.229. The highest BCUT2D eigenvalue weighted by atomic mass is 14.6. The average Bonchev–Trinajstić information content (AvgIpc) is 2.54. The molecule has 0 amide bonds. The van der Waals surface area contributed by atoms with E-state index in [2.05, 4.69) is 6.92 Å². The van der Waals surface area contributed by atoms with Crippen LogP contribution in [-0.4, -0.2) is 6.54 Å². The molecule has 2 fully saturated rings. The molecule has 0 aromatic rings. The van der Waals surface area contributed by atoms with Gasteiger partial charge in [-0.15, -0.1) is 0 Å². The summed E-state index contributed by atoms with van der Waals surface area (Å²) in [6.07, 6.45) is 5.81. The first kappa shape index (κ1) is 7.60. The lowest BCUT2D eigenvalue weighted by Crippen LogP contribution is -2.22. The molecule has 0 spiro atoms. The molecular formula is C10H19N. The van der Waals surface area contributed by atoms with E-state index in [1.54, 1.807) is 0 Å². The summed E-state index contributed by atoms with van der Waals surface area (Å²) in [7, 11) is 0. The van der Waals surface area contributed by atoms with Crippen LogP contribution in [0.25, 0.3) is 0 Å². The van der Waals surface area contributed by atoms with Crippen LogP contribution in [0.3, 0.4) is 0 Å². The SMILES string of the molecule is CC1C2CCC(C2)C1CCN. The summed E-state index contributed by atoms with van der Waals surface area (Å²) in [5, 5.41) is 0. The summed E-state index contributed by atoms with van der Waals surface area (Å²) in [5.74, 6) is 4.09. The van der Waals surface area contributed by atoms with E-state index < -0.39 is 0 Å². The van der Waals surface area contributed by atoms with Crippen LogP contribution >= 0.6 is 0 Å². The second kappa shape index (κ2) is 2.78. The van der Waals surface area contributed by atoms with Gasteiger partial charge in [0.05, 0.1) is 0 Å². The molecular weight excluding hydrogens is 134 g/mol. The number of hydrogen-bond acceptors (Lipinski definition) is 1. The second-order valence-electron chi connectivity index (χ2n) is 4.43. The zero-order valence-electron chi connectivity index (χ0n) is 7.42. The summed E-state index contributed by atoms with van der Waals surface area (Å²) in [4.78, 5) is 0. The summed E-state index contributed by atoms with van der Waals surface area (Å²) >= 11 is 0. The molecule has 0 heterocycles. The third-order valence-electron chi connectivity index (χ3n) is 4.04. The van der Waals surface area contributed by atoms with E-state index in [9.17, 15) is 0 Å². The molecule has 0 radical (unpaired) electrons. The summed E-state index contributed by atoms with van der Waals surface area (Å²) in [6, 6.07) is 0. The van der Waals surface area contributed by atoms with Crippen LogP contribution in [0, 0.1) is 23.7 Å². The Morgan fingerprint density at radius 1 is 1.27 bits per heavy atom. The van der Waals surface area contributed by atoms with Gasteiger partial charge in [-0.2, -0.15) is 0 Å². The first-order chi connectivity index (χ1) is 5.33. The first-order valence-corrected chi connectivity index (χ1v) is 5.03. The molecule has 2 saturated carbocycles. The van der Waals surface area contributed by atoms with E-state index >= 15 is 0 Å². The summed E-state index contributed by atoms with van der Waals surface area (Å²) < 4.78 is 0. The Morgan fingerprint density at radius 3 is 2.55 bits per heavy atom. The minimum absolute atomic E-state index is 0.901. The molecule has 2 bridgehead atoms. The topological polar surface area (TPSA) is 26.0 Å². The maximum Gasteiger partial charge on any atom is -0.00744 e. The van der Waals surface area contributed by atoms with E-state index in [0.29, 0.717) is 0 Å². The van der Waals surface area contributed by atoms with Crippen molar-refractivity contribution in [3.05, 3.63) is 0 Å². The molecule has 11 heavy (non-hydrogen) atoms. The van der Waals surface area contributed by atoms with Gasteiger partial charge in [0, 0.05) is 0 Å². The third kappa shape index (κ3) is 1.10. The standard InChI is InChI=1S/C10H19N/c1-7-8-2-3-9(6-8)10(7)4-5-11/h7-10H,2-6,11H2,1H3. The predicted molar refractivity (Wildman–Crippen MR) is 47.2 cm³/mol. The lowest BCUT2D eigenvalue weighted by atomic mass is 9.79. The van der Waals surface area contributed by atoms with Crippen molar-refractivity contribution in [1.82, 2.24) is 0 Å². The normalized spacial score (nSPS) is 48.5. The molecule has 0 aliphatic heterocycles. The van der Waals surface area contributed by atoms with Gasteiger partial charge in [-0.05, 0) is 55.9 Å². The quantitative estimate of drug-likeness (QED) is 0.645. The predicted octanol–water partition coefficient (Wildman–Crippen LogP) is 2.02. The first-order valence-electron chi connectivity index (χ1n) is 5.03. The van der Waals surface area contributed by atoms with E-state index in [1.807, 2.05) is 0 Å². The molecule has 0 aromatic carbocycles. The number of hydrogen-bond donors (Lipinski definition) is 1. The van der Waals surface area contributed by atoms with Crippen molar-refractivity contribution in [1.29, 1.82) is 0 Å². The Hall–Kier alpha value is -0.0400. The minimum atomic E-state index is 0.901. The van der Waals surface area contributed by atoms with Crippen LogP contribution in [0.2, 0.25) is 0 Å². The van der Waals surface area contributed by atoms with E-state index in [4.69, 9.17) is 5.73 Å². The maximum atomic E-state index is 5.60. The van der Waals surface area contributed by atoms with Crippen LogP contribution in [0.4, 0.5) is 0 Å². The molecule has 1 heteroatoms. The van der Waals surface area contributed by atoms with Crippen LogP contribution in [-0.2, 0) is 0 Å². The molecule has 0 aromatic heterocycles. The van der Waals surface area contributed by atoms with Gasteiger partial charge in [-0.1, -0.05) is 6.92 Å². The molecule has 2 aliphatic carbocycles. The largest absolute Gasteiger partial charge is 0.330 e. The fourth-order valence-corrected chi connectivity index (χ4v) is 3.39. The van der Waals surface area contributed by atoms with Gasteiger partial charge in [-0.3, -0.25) is 0 Å². The highest BCUT2D eigenvalue weighted by molar-refractivity contribution is 4.94. The van der Waals surface area contributed by atoms with Gasteiger partial charge < -0.3 is 5.73 Å². The number of nitrogens with two attached hydrogens (primary N) is 1. The molecule has 1 nitrogen and oxygen atoms in total. The van der Waals surface area contributed by atoms with Gasteiger partial charge in [0.2, 0.25) is 0 Å². The molecule has 2 N–H and O–H groups in total. The van der Waals surface area contributed by atoms with Crippen LogP contribution in [0.5, 0.6) is 0 Å². The third-order valence-corrected chi connectivity index (χ3v) is 4.04. The Bertz CT molecular complexity index is 142. The fraction of sp³-hybridized carbons (Fsp3) is 1.00. The summed E-state index contributed by atoms with van der Waals surface area (Å²) in [6.45, 7) is 3.34. The zero-order chi connectivity index (χ0) is 7.84.